The van der Waals surface area contributed by atoms with Gasteiger partial charge < -0.3 is 8.47 Å². The highest BCUT2D eigenvalue weighted by Gasteiger charge is 2.49. The van der Waals surface area contributed by atoms with Gasteiger partial charge in [-0.15, -0.1) is 0 Å². The van der Waals surface area contributed by atoms with Crippen LogP contribution in [0.15, 0.2) is 164 Å². The Labute approximate surface area is 683 Å². The summed E-state index contributed by atoms with van der Waals surface area (Å²) in [4.78, 5) is 0. The fourth-order valence-electron chi connectivity index (χ4n) is 21.7. The van der Waals surface area contributed by atoms with Crippen molar-refractivity contribution in [3.05, 3.63) is 192 Å². The lowest BCUT2D eigenvalue weighted by atomic mass is 9.97. The van der Waals surface area contributed by atoms with Crippen LogP contribution in [0.5, 0.6) is 0 Å². The number of nitrogens with zero attached hydrogens (tertiary/aromatic N) is 2. The predicted molar refractivity (Wildman–Crippen MR) is 511 cm³/mol. The predicted octanol–water partition coefficient (Wildman–Crippen LogP) is 31.4. The van der Waals surface area contributed by atoms with Crippen LogP contribution in [0, 0.1) is 6.92 Å². The van der Waals surface area contributed by atoms with Crippen molar-refractivity contribution in [3.63, 3.8) is 0 Å². The van der Waals surface area contributed by atoms with Crippen LogP contribution in [0.3, 0.4) is 0 Å². The number of unbranched alkanes of at least 4 members (excludes halogenated alkanes) is 24. The number of hydrogen-bond acceptors (Lipinski definition) is 0. The molecule has 0 bridgehead atoms. The molecule has 2 atom stereocenters. The van der Waals surface area contributed by atoms with E-state index in [0.717, 1.165) is 51.4 Å². The van der Waals surface area contributed by atoms with Gasteiger partial charge in [-0.3, -0.25) is 0 Å². The molecule has 598 valence electrons. The fourth-order valence-corrected chi connectivity index (χ4v) is 39.5. The van der Waals surface area contributed by atoms with Gasteiger partial charge in [0.25, 0.3) is 0 Å². The van der Waals surface area contributed by atoms with Crippen molar-refractivity contribution in [2.24, 2.45) is 0 Å². The van der Waals surface area contributed by atoms with Crippen molar-refractivity contribution >= 4 is 132 Å². The van der Waals surface area contributed by atoms with Gasteiger partial charge in [0.1, 0.15) is 8.07 Å². The first-order valence-corrected chi connectivity index (χ1v) is 54.3. The van der Waals surface area contributed by atoms with Gasteiger partial charge in [-0.2, -0.15) is 0 Å². The average Bonchev–Trinajstić information content (AvgIpc) is 0.867. The highest BCUT2D eigenvalue weighted by Crippen LogP contribution is 2.45. The molecular weight excluding hydrogens is 1400 g/mol. The van der Waals surface area contributed by atoms with Gasteiger partial charge in [-0.05, 0) is 185 Å². The molecule has 12 rings (SSSR count). The minimum absolute atomic E-state index is 1.10. The Bertz CT molecular complexity index is 4780. The summed E-state index contributed by atoms with van der Waals surface area (Å²) < 4.78 is 6.36. The highest BCUT2D eigenvalue weighted by molar-refractivity contribution is 7.08. The summed E-state index contributed by atoms with van der Waals surface area (Å²) >= 11 is 0. The summed E-state index contributed by atoms with van der Waals surface area (Å²) in [6, 6.07) is 78.4. The van der Waals surface area contributed by atoms with Crippen LogP contribution in [0.1, 0.15) is 315 Å². The molecule has 0 saturated heterocycles. The maximum absolute atomic E-state index is 3.19. The van der Waals surface area contributed by atoms with E-state index in [1.807, 2.05) is 10.4 Å². The molecule has 0 saturated carbocycles. The minimum Gasteiger partial charge on any atom is -0.363 e. The number of rotatable bonds is 50. The fraction of sp³-hybridized carbons (Fsp3) is 0.514. The number of benzene rings is 10. The van der Waals surface area contributed by atoms with Crippen molar-refractivity contribution in [2.75, 3.05) is 0 Å². The first kappa shape index (κ1) is 84.9. The van der Waals surface area contributed by atoms with Crippen LogP contribution in [-0.4, -0.2) is 33.0 Å². The van der Waals surface area contributed by atoms with Crippen molar-refractivity contribution in [2.45, 2.75) is 356 Å². The van der Waals surface area contributed by atoms with Crippen LogP contribution < -0.4 is 20.7 Å². The molecule has 0 N–H and O–H groups in total. The molecule has 5 heteroatoms. The van der Waals surface area contributed by atoms with Crippen LogP contribution in [0.25, 0.3) is 86.7 Å². The summed E-state index contributed by atoms with van der Waals surface area (Å²) in [5, 5.41) is 26.1. The van der Waals surface area contributed by atoms with Gasteiger partial charge >= 0.3 is 0 Å². The van der Waals surface area contributed by atoms with E-state index in [1.54, 1.807) is 53.5 Å². The molecule has 2 aromatic heterocycles. The number of fused-ring (bicyclic) bond motifs is 10. The third kappa shape index (κ3) is 18.3. The Kier molecular flexibility index (Phi) is 31.7. The zero-order chi connectivity index (χ0) is 78.3. The standard InChI is InChI=1S/C107H148N2Si3/c1-12-22-28-34-39-51-77-112(76-50-38-32-26-16-5,108-100-59-43-40-56-88(100)89-57-41-44-60-101(89)108)107-98-81-86(54-20-9)63-67-91(98)104(92-68-64-87(55-21-10)82-99(92)107)110(72-46-35-29-23-13-2,73-47-36-30-24-14-3)105-96-79-84(52-18-7)65-69-93(96)106(94-70-66-85(53-19-8)80-97(94)105)111(74-48-33-27-17-6,75-49-37-31-25-15-4)109-102-61-45-42-58-90(102)95-78-83(11)62-71-103(95)109/h40-45,56-71,78-82H,12-39,46-55,72-77H2,1-11H3. The van der Waals surface area contributed by atoms with Gasteiger partial charge in [0.15, 0.2) is 16.5 Å². The van der Waals surface area contributed by atoms with E-state index in [9.17, 15) is 0 Å². The van der Waals surface area contributed by atoms with Crippen LogP contribution in [-0.2, 0) is 25.7 Å². The molecule has 10 aromatic carbocycles. The SMILES string of the molecule is CCCCCCCC[Si](CCCCCCC)(c1c2cc(CCC)ccc2c([Si](CCCCCCC)(CCCCCCC)c2c3cc(CCC)ccc3c([Si](CCCCCC)(CCCCCCC)n3c4ccccc4c4cc(C)ccc43)c3ccc(CCC)cc23)c2ccc(CCC)cc12)n1c2ccccc2c2ccccc21. The Balaban J connectivity index is 1.33. The first-order chi connectivity index (χ1) is 55.1. The lowest BCUT2D eigenvalue weighted by molar-refractivity contribution is 0.619. The normalized spacial score (nSPS) is 13.4. The molecule has 12 aromatic rings. The summed E-state index contributed by atoms with van der Waals surface area (Å²) in [6.07, 6.45) is 47.7. The Hall–Kier alpha value is -6.51. The third-order valence-electron chi connectivity index (χ3n) is 27.0. The number of aryl methyl sites for hydroxylation is 5. The monoisotopic (exact) mass is 1550 g/mol. The Morgan fingerprint density at radius 3 is 0.804 bits per heavy atom. The molecule has 0 aliphatic rings. The number of para-hydroxylation sites is 3. The van der Waals surface area contributed by atoms with Gasteiger partial charge in [-0.1, -0.05) is 427 Å². The molecule has 0 fully saturated rings. The molecule has 112 heavy (non-hydrogen) atoms. The average molecular weight is 1550 g/mol. The first-order valence-electron chi connectivity index (χ1n) is 47.1. The lowest BCUT2D eigenvalue weighted by Crippen LogP contribution is -2.62. The summed E-state index contributed by atoms with van der Waals surface area (Å²) in [5.74, 6) is 0. The quantitative estimate of drug-likeness (QED) is 0.0204. The molecule has 2 unspecified atom stereocenters. The topological polar surface area (TPSA) is 9.86 Å². The molecule has 0 spiro atoms. The summed E-state index contributed by atoms with van der Waals surface area (Å²) in [5.41, 5.74) is 13.4. The van der Waals surface area contributed by atoms with Crippen molar-refractivity contribution in [1.29, 1.82) is 0 Å². The number of hydrogen-bond donors (Lipinski definition) is 0. The Morgan fingerprint density at radius 1 is 0.205 bits per heavy atom. The van der Waals surface area contributed by atoms with Gasteiger partial charge in [0.2, 0.25) is 0 Å². The second-order valence-corrected chi connectivity index (χ2v) is 47.6. The van der Waals surface area contributed by atoms with Gasteiger partial charge in [0.05, 0.1) is 0 Å². The van der Waals surface area contributed by atoms with Gasteiger partial charge in [-0.25, -0.2) is 0 Å². The molecule has 2 nitrogen and oxygen atoms in total. The second kappa shape index (κ2) is 41.9. The maximum atomic E-state index is 3.19. The molecule has 0 aliphatic carbocycles. The molecule has 0 radical (unpaired) electrons. The van der Waals surface area contributed by atoms with E-state index in [1.165, 1.54) is 300 Å². The maximum Gasteiger partial charge on any atom is 0.195 e. The van der Waals surface area contributed by atoms with Crippen LogP contribution >= 0.6 is 0 Å². The zero-order valence-electron chi connectivity index (χ0n) is 72.6. The zero-order valence-corrected chi connectivity index (χ0v) is 75.6. The molecule has 0 aliphatic heterocycles. The molecule has 0 amide bonds. The Morgan fingerprint density at radius 2 is 0.464 bits per heavy atom. The van der Waals surface area contributed by atoms with Crippen molar-refractivity contribution < 1.29 is 0 Å². The smallest absolute Gasteiger partial charge is 0.195 e. The largest absolute Gasteiger partial charge is 0.363 e. The van der Waals surface area contributed by atoms with Crippen LogP contribution in [0.2, 0.25) is 36.3 Å². The van der Waals surface area contributed by atoms with Crippen molar-refractivity contribution in [3.8, 4) is 0 Å². The third-order valence-corrected chi connectivity index (χ3v) is 42.7. The van der Waals surface area contributed by atoms with Crippen molar-refractivity contribution in [1.82, 2.24) is 8.47 Å². The van der Waals surface area contributed by atoms with E-state index < -0.39 is 24.5 Å². The van der Waals surface area contributed by atoms with Crippen LogP contribution in [0.4, 0.5) is 0 Å². The summed E-state index contributed by atoms with van der Waals surface area (Å²) in [6.45, 7) is 26.7. The highest BCUT2D eigenvalue weighted by atomic mass is 28.3. The van der Waals surface area contributed by atoms with E-state index in [0.29, 0.717) is 0 Å². The minimum atomic E-state index is -3.11. The lowest BCUT2D eigenvalue weighted by Gasteiger charge is -2.43. The summed E-state index contributed by atoms with van der Waals surface area (Å²) in [7, 11) is -8.96. The molecule has 2 heterocycles. The van der Waals surface area contributed by atoms with E-state index in [-0.39, 0.29) is 0 Å². The van der Waals surface area contributed by atoms with E-state index in [2.05, 4.69) is 248 Å². The molecular formula is C107H148N2Si3. The van der Waals surface area contributed by atoms with Gasteiger partial charge in [0, 0.05) is 43.6 Å². The number of aromatic nitrogens is 2. The van der Waals surface area contributed by atoms with E-state index >= 15 is 0 Å². The second-order valence-electron chi connectivity index (χ2n) is 35.4. The van der Waals surface area contributed by atoms with E-state index in [4.69, 9.17) is 0 Å².